The second-order valence-electron chi connectivity index (χ2n) is 6.35. The predicted octanol–water partition coefficient (Wildman–Crippen LogP) is 3.85. The minimum absolute atomic E-state index is 0.104. The van der Waals surface area contributed by atoms with E-state index >= 15 is 0 Å². The number of carbonyl (C=O) groups is 2. The highest BCUT2D eigenvalue weighted by atomic mass is 35.5. The molecule has 1 aliphatic heterocycles. The topological polar surface area (TPSA) is 62.3 Å². The summed E-state index contributed by atoms with van der Waals surface area (Å²) in [6, 6.07) is 6.66. The number of benzene rings is 1. The lowest BCUT2D eigenvalue weighted by Crippen LogP contribution is -2.38. The van der Waals surface area contributed by atoms with Crippen LogP contribution in [0.1, 0.15) is 35.8 Å². The number of hydrogen-bond acceptors (Lipinski definition) is 4. The summed E-state index contributed by atoms with van der Waals surface area (Å²) >= 11 is 7.15. The van der Waals surface area contributed by atoms with Crippen molar-refractivity contribution in [3.8, 4) is 0 Å². The van der Waals surface area contributed by atoms with Crippen molar-refractivity contribution in [2.24, 2.45) is 5.92 Å². The molecule has 3 rings (SSSR count). The van der Waals surface area contributed by atoms with Gasteiger partial charge in [0.15, 0.2) is 5.13 Å². The van der Waals surface area contributed by atoms with Gasteiger partial charge in [-0.15, -0.1) is 11.3 Å². The molecule has 0 spiro atoms. The highest BCUT2D eigenvalue weighted by Gasteiger charge is 2.21. The number of likely N-dealkylation sites (tertiary alicyclic amines) is 1. The number of nitrogens with one attached hydrogen (secondary N) is 1. The number of piperidine rings is 1. The number of rotatable bonds is 4. The van der Waals surface area contributed by atoms with E-state index in [-0.39, 0.29) is 18.2 Å². The smallest absolute Gasteiger partial charge is 0.257 e. The molecule has 1 N–H and O–H groups in total. The van der Waals surface area contributed by atoms with Crippen LogP contribution < -0.4 is 5.32 Å². The first-order valence-electron chi connectivity index (χ1n) is 8.30. The molecule has 25 heavy (non-hydrogen) atoms. The summed E-state index contributed by atoms with van der Waals surface area (Å²) < 4.78 is 0. The third-order valence-corrected chi connectivity index (χ3v) is 5.41. The molecule has 1 fully saturated rings. The molecule has 2 heterocycles. The third kappa shape index (κ3) is 4.80. The van der Waals surface area contributed by atoms with Crippen molar-refractivity contribution in [3.05, 3.63) is 45.9 Å². The zero-order valence-electron chi connectivity index (χ0n) is 14.0. The fourth-order valence-electron chi connectivity index (χ4n) is 2.74. The summed E-state index contributed by atoms with van der Waals surface area (Å²) in [4.78, 5) is 30.8. The van der Waals surface area contributed by atoms with Crippen LogP contribution in [0, 0.1) is 5.92 Å². The van der Waals surface area contributed by atoms with Gasteiger partial charge in [0.25, 0.3) is 5.91 Å². The van der Waals surface area contributed by atoms with Crippen LogP contribution in [0.2, 0.25) is 5.02 Å². The van der Waals surface area contributed by atoms with Crippen molar-refractivity contribution in [2.75, 3.05) is 18.4 Å². The average molecular weight is 378 g/mol. The Bertz CT molecular complexity index is 752. The Kier molecular flexibility index (Phi) is 5.71. The van der Waals surface area contributed by atoms with E-state index in [1.54, 1.807) is 24.3 Å². The number of amides is 2. The van der Waals surface area contributed by atoms with Gasteiger partial charge >= 0.3 is 0 Å². The van der Waals surface area contributed by atoms with Crippen LogP contribution in [0.25, 0.3) is 0 Å². The van der Waals surface area contributed by atoms with Crippen LogP contribution in [0.4, 0.5) is 5.13 Å². The predicted molar refractivity (Wildman–Crippen MR) is 100 cm³/mol. The Morgan fingerprint density at radius 2 is 1.96 bits per heavy atom. The van der Waals surface area contributed by atoms with E-state index in [0.717, 1.165) is 25.9 Å². The van der Waals surface area contributed by atoms with Crippen LogP contribution in [-0.2, 0) is 11.2 Å². The summed E-state index contributed by atoms with van der Waals surface area (Å²) in [6.45, 7) is 3.87. The molecule has 0 bridgehead atoms. The van der Waals surface area contributed by atoms with Gasteiger partial charge in [-0.25, -0.2) is 4.98 Å². The van der Waals surface area contributed by atoms with E-state index in [1.807, 2.05) is 10.3 Å². The number of thiazole rings is 1. The summed E-state index contributed by atoms with van der Waals surface area (Å²) in [5.41, 5.74) is 1.21. The quantitative estimate of drug-likeness (QED) is 0.880. The SMILES string of the molecule is CC1CCN(C(=O)Cc2csc(NC(=O)c3ccc(Cl)cc3)n2)CC1. The Morgan fingerprint density at radius 3 is 2.64 bits per heavy atom. The largest absolute Gasteiger partial charge is 0.342 e. The minimum atomic E-state index is -0.242. The molecule has 5 nitrogen and oxygen atoms in total. The molecular formula is C18H20ClN3O2S. The summed E-state index contributed by atoms with van der Waals surface area (Å²) in [7, 11) is 0. The van der Waals surface area contributed by atoms with E-state index in [0.29, 0.717) is 27.3 Å². The van der Waals surface area contributed by atoms with E-state index in [1.165, 1.54) is 11.3 Å². The maximum Gasteiger partial charge on any atom is 0.257 e. The van der Waals surface area contributed by atoms with Gasteiger partial charge in [-0.2, -0.15) is 0 Å². The number of halogens is 1. The molecule has 0 unspecified atom stereocenters. The molecule has 0 aliphatic carbocycles. The zero-order chi connectivity index (χ0) is 17.8. The zero-order valence-corrected chi connectivity index (χ0v) is 15.6. The maximum absolute atomic E-state index is 12.3. The second kappa shape index (κ2) is 7.97. The van der Waals surface area contributed by atoms with Crippen molar-refractivity contribution in [1.29, 1.82) is 0 Å². The van der Waals surface area contributed by atoms with Crippen molar-refractivity contribution < 1.29 is 9.59 Å². The number of carbonyl (C=O) groups excluding carboxylic acids is 2. The number of aromatic nitrogens is 1. The lowest BCUT2D eigenvalue weighted by atomic mass is 9.99. The van der Waals surface area contributed by atoms with Gasteiger partial charge < -0.3 is 4.90 Å². The normalized spacial score (nSPS) is 15.2. The highest BCUT2D eigenvalue weighted by Crippen LogP contribution is 2.20. The molecule has 1 aromatic heterocycles. The van der Waals surface area contributed by atoms with Gasteiger partial charge in [0.2, 0.25) is 5.91 Å². The molecule has 2 amide bonds. The fourth-order valence-corrected chi connectivity index (χ4v) is 3.57. The monoisotopic (exact) mass is 377 g/mol. The molecule has 7 heteroatoms. The average Bonchev–Trinajstić information content (AvgIpc) is 3.02. The van der Waals surface area contributed by atoms with Gasteiger partial charge in [0, 0.05) is 29.1 Å². The van der Waals surface area contributed by atoms with Crippen LogP contribution in [0.3, 0.4) is 0 Å². The minimum Gasteiger partial charge on any atom is -0.342 e. The number of hydrogen-bond donors (Lipinski definition) is 1. The van der Waals surface area contributed by atoms with Gasteiger partial charge in [0.1, 0.15) is 0 Å². The van der Waals surface area contributed by atoms with Crippen molar-refractivity contribution >= 4 is 39.9 Å². The van der Waals surface area contributed by atoms with Crippen LogP contribution in [-0.4, -0.2) is 34.8 Å². The first-order chi connectivity index (χ1) is 12.0. The molecule has 1 aromatic carbocycles. The van der Waals surface area contributed by atoms with Crippen LogP contribution in [0.15, 0.2) is 29.6 Å². The van der Waals surface area contributed by atoms with Crippen molar-refractivity contribution in [2.45, 2.75) is 26.2 Å². The first kappa shape index (κ1) is 17.9. The highest BCUT2D eigenvalue weighted by molar-refractivity contribution is 7.14. The van der Waals surface area contributed by atoms with Gasteiger partial charge in [0.05, 0.1) is 12.1 Å². The Labute approximate surface area is 156 Å². The van der Waals surface area contributed by atoms with Gasteiger partial charge in [-0.05, 0) is 43.0 Å². The van der Waals surface area contributed by atoms with Crippen molar-refractivity contribution in [3.63, 3.8) is 0 Å². The molecular weight excluding hydrogens is 358 g/mol. The fraction of sp³-hybridized carbons (Fsp3) is 0.389. The second-order valence-corrected chi connectivity index (χ2v) is 7.64. The Morgan fingerprint density at radius 1 is 1.28 bits per heavy atom. The lowest BCUT2D eigenvalue weighted by Gasteiger charge is -2.30. The standard InChI is InChI=1S/C18H20ClN3O2S/c1-12-6-8-22(9-7-12)16(23)10-15-11-25-18(20-15)21-17(24)13-2-4-14(19)5-3-13/h2-5,11-12H,6-10H2,1H3,(H,20,21,24). The van der Waals surface area contributed by atoms with E-state index in [4.69, 9.17) is 11.6 Å². The van der Waals surface area contributed by atoms with E-state index in [9.17, 15) is 9.59 Å². The molecule has 1 aliphatic rings. The van der Waals surface area contributed by atoms with Gasteiger partial charge in [-0.3, -0.25) is 14.9 Å². The molecule has 0 saturated carbocycles. The molecule has 0 atom stereocenters. The van der Waals surface area contributed by atoms with Crippen LogP contribution >= 0.6 is 22.9 Å². The summed E-state index contributed by atoms with van der Waals surface area (Å²) in [6.07, 6.45) is 2.40. The van der Waals surface area contributed by atoms with E-state index < -0.39 is 0 Å². The molecule has 2 aromatic rings. The summed E-state index contributed by atoms with van der Waals surface area (Å²) in [5, 5.41) is 5.66. The molecule has 132 valence electrons. The maximum atomic E-state index is 12.3. The van der Waals surface area contributed by atoms with Crippen molar-refractivity contribution in [1.82, 2.24) is 9.88 Å². The third-order valence-electron chi connectivity index (χ3n) is 4.35. The lowest BCUT2D eigenvalue weighted by molar-refractivity contribution is -0.131. The molecule has 1 saturated heterocycles. The van der Waals surface area contributed by atoms with Crippen LogP contribution in [0.5, 0.6) is 0 Å². The Hall–Kier alpha value is -1.92. The summed E-state index contributed by atoms with van der Waals surface area (Å²) in [5.74, 6) is 0.555. The van der Waals surface area contributed by atoms with E-state index in [2.05, 4.69) is 17.2 Å². The first-order valence-corrected chi connectivity index (χ1v) is 9.56. The number of anilines is 1. The Balaban J connectivity index is 1.56. The number of nitrogens with zero attached hydrogens (tertiary/aromatic N) is 2. The molecule has 0 radical (unpaired) electrons. The van der Waals surface area contributed by atoms with Gasteiger partial charge in [-0.1, -0.05) is 18.5 Å².